The van der Waals surface area contributed by atoms with E-state index in [2.05, 4.69) is 12.2 Å². The maximum atomic E-state index is 13.5. The lowest BCUT2D eigenvalue weighted by molar-refractivity contribution is 0.0931. The molecule has 1 aromatic rings. The Kier molecular flexibility index (Phi) is 8.35. The highest BCUT2D eigenvalue weighted by Crippen LogP contribution is 2.10. The molecule has 1 atom stereocenters. The summed E-state index contributed by atoms with van der Waals surface area (Å²) < 4.78 is 13.5. The van der Waals surface area contributed by atoms with Gasteiger partial charge in [0.2, 0.25) is 0 Å². The number of benzene rings is 1. The summed E-state index contributed by atoms with van der Waals surface area (Å²) >= 11 is 0. The second kappa shape index (κ2) is 8.88. The molecule has 0 aliphatic carbocycles. The molecule has 0 aliphatic heterocycles. The predicted molar refractivity (Wildman–Crippen MR) is 78.2 cm³/mol. The first-order valence-corrected chi connectivity index (χ1v) is 6.35. The number of amides is 1. The van der Waals surface area contributed by atoms with Crippen molar-refractivity contribution in [3.05, 3.63) is 35.1 Å². The molecule has 0 saturated heterocycles. The summed E-state index contributed by atoms with van der Waals surface area (Å²) in [7, 11) is 0. The molecule has 0 radical (unpaired) electrons. The minimum absolute atomic E-state index is 0. The maximum Gasteiger partial charge on any atom is 0.254 e. The number of nitrogens with two attached hydrogens (primary N) is 1. The Morgan fingerprint density at radius 2 is 2.16 bits per heavy atom. The fourth-order valence-electron chi connectivity index (χ4n) is 1.78. The van der Waals surface area contributed by atoms with Gasteiger partial charge in [0.15, 0.2) is 0 Å². The topological polar surface area (TPSA) is 55.1 Å². The van der Waals surface area contributed by atoms with Crippen LogP contribution in [-0.2, 0) is 0 Å². The molecule has 0 bridgehead atoms. The van der Waals surface area contributed by atoms with Crippen LogP contribution in [-0.4, -0.2) is 18.5 Å². The van der Waals surface area contributed by atoms with Crippen LogP contribution in [0.15, 0.2) is 18.2 Å². The third-order valence-corrected chi connectivity index (χ3v) is 2.89. The predicted octanol–water partition coefficient (Wildman–Crippen LogP) is 2.80. The van der Waals surface area contributed by atoms with Gasteiger partial charge < -0.3 is 11.1 Å². The lowest BCUT2D eigenvalue weighted by atomic mass is 10.1. The number of halogens is 2. The number of hydrogen-bond donors (Lipinski definition) is 2. The molecule has 0 aliphatic rings. The van der Waals surface area contributed by atoms with Crippen molar-refractivity contribution < 1.29 is 9.18 Å². The summed E-state index contributed by atoms with van der Waals surface area (Å²) in [6.07, 6.45) is 2.87. The molecule has 1 unspecified atom stereocenters. The van der Waals surface area contributed by atoms with Crippen LogP contribution in [0.2, 0.25) is 0 Å². The highest BCUT2D eigenvalue weighted by atomic mass is 35.5. The smallest absolute Gasteiger partial charge is 0.254 e. The van der Waals surface area contributed by atoms with Crippen LogP contribution in [0.4, 0.5) is 4.39 Å². The van der Waals surface area contributed by atoms with Crippen molar-refractivity contribution in [1.82, 2.24) is 5.32 Å². The number of carbonyl (C=O) groups is 1. The maximum absolute atomic E-state index is 13.5. The zero-order chi connectivity index (χ0) is 13.5. The van der Waals surface area contributed by atoms with E-state index in [1.165, 1.54) is 6.07 Å². The molecule has 1 rings (SSSR count). The van der Waals surface area contributed by atoms with Gasteiger partial charge in [-0.3, -0.25) is 4.79 Å². The van der Waals surface area contributed by atoms with Crippen LogP contribution in [0.5, 0.6) is 0 Å². The lowest BCUT2D eigenvalue weighted by Crippen LogP contribution is -2.40. The quantitative estimate of drug-likeness (QED) is 0.846. The molecule has 0 spiro atoms. The molecule has 0 saturated carbocycles. The van der Waals surface area contributed by atoms with Gasteiger partial charge in [0.1, 0.15) is 5.82 Å². The van der Waals surface area contributed by atoms with E-state index < -0.39 is 5.82 Å². The van der Waals surface area contributed by atoms with E-state index in [0.717, 1.165) is 24.8 Å². The molecule has 3 N–H and O–H groups in total. The molecular weight excluding hydrogens is 267 g/mol. The number of nitrogens with one attached hydrogen (secondary N) is 1. The van der Waals surface area contributed by atoms with Gasteiger partial charge in [-0.1, -0.05) is 31.4 Å². The highest BCUT2D eigenvalue weighted by molar-refractivity contribution is 5.94. The Morgan fingerprint density at radius 1 is 1.47 bits per heavy atom. The summed E-state index contributed by atoms with van der Waals surface area (Å²) in [4.78, 5) is 11.9. The molecular formula is C14H22ClFN2O. The first-order chi connectivity index (χ1) is 8.58. The third-order valence-electron chi connectivity index (χ3n) is 2.89. The number of carbonyl (C=O) groups excluding carboxylic acids is 1. The summed E-state index contributed by atoms with van der Waals surface area (Å²) in [6, 6.07) is 4.42. The number of hydrogen-bond acceptors (Lipinski definition) is 2. The zero-order valence-electron chi connectivity index (χ0n) is 11.4. The first kappa shape index (κ1) is 17.9. The van der Waals surface area contributed by atoms with Gasteiger partial charge in [-0.05, 0) is 25.5 Å². The number of unbranched alkanes of at least 4 members (excludes halogenated alkanes) is 1. The third kappa shape index (κ3) is 5.57. The van der Waals surface area contributed by atoms with Crippen LogP contribution in [0.1, 0.15) is 42.1 Å². The van der Waals surface area contributed by atoms with E-state index in [-0.39, 0.29) is 29.9 Å². The van der Waals surface area contributed by atoms with Gasteiger partial charge in [-0.25, -0.2) is 4.39 Å². The van der Waals surface area contributed by atoms with E-state index >= 15 is 0 Å². The molecule has 0 fully saturated rings. The molecule has 108 valence electrons. The summed E-state index contributed by atoms with van der Waals surface area (Å²) in [5, 5.41) is 2.78. The fraction of sp³-hybridized carbons (Fsp3) is 0.500. The average Bonchev–Trinajstić information content (AvgIpc) is 2.37. The second-order valence-corrected chi connectivity index (χ2v) is 4.53. The van der Waals surface area contributed by atoms with Gasteiger partial charge in [-0.15, -0.1) is 12.4 Å². The number of rotatable bonds is 6. The minimum atomic E-state index is -0.496. The van der Waals surface area contributed by atoms with Crippen molar-refractivity contribution in [2.24, 2.45) is 5.73 Å². The van der Waals surface area contributed by atoms with E-state index in [1.807, 2.05) is 6.92 Å². The van der Waals surface area contributed by atoms with Gasteiger partial charge in [-0.2, -0.15) is 0 Å². The normalized spacial score (nSPS) is 11.6. The largest absolute Gasteiger partial charge is 0.348 e. The minimum Gasteiger partial charge on any atom is -0.348 e. The van der Waals surface area contributed by atoms with Crippen LogP contribution in [0, 0.1) is 12.7 Å². The molecule has 1 amide bonds. The van der Waals surface area contributed by atoms with Crippen LogP contribution >= 0.6 is 12.4 Å². The SMILES string of the molecule is CCCCC(CN)NC(=O)c1cc(C)ccc1F.Cl. The number of aryl methyl sites for hydroxylation is 1. The van der Waals surface area contributed by atoms with Crippen LogP contribution in [0.3, 0.4) is 0 Å². The van der Waals surface area contributed by atoms with Crippen molar-refractivity contribution in [2.45, 2.75) is 39.2 Å². The zero-order valence-corrected chi connectivity index (χ0v) is 12.2. The van der Waals surface area contributed by atoms with Crippen LogP contribution < -0.4 is 11.1 Å². The van der Waals surface area contributed by atoms with Gasteiger partial charge in [0.05, 0.1) is 5.56 Å². The molecule has 0 heterocycles. The van der Waals surface area contributed by atoms with E-state index in [1.54, 1.807) is 12.1 Å². The lowest BCUT2D eigenvalue weighted by Gasteiger charge is -2.16. The molecule has 3 nitrogen and oxygen atoms in total. The van der Waals surface area contributed by atoms with Gasteiger partial charge in [0, 0.05) is 12.6 Å². The van der Waals surface area contributed by atoms with Crippen molar-refractivity contribution in [3.63, 3.8) is 0 Å². The Hall–Kier alpha value is -1.13. The Morgan fingerprint density at radius 3 is 2.74 bits per heavy atom. The Balaban J connectivity index is 0.00000324. The van der Waals surface area contributed by atoms with Crippen molar-refractivity contribution in [1.29, 1.82) is 0 Å². The van der Waals surface area contributed by atoms with Crippen LogP contribution in [0.25, 0.3) is 0 Å². The van der Waals surface area contributed by atoms with Crippen molar-refractivity contribution >= 4 is 18.3 Å². The summed E-state index contributed by atoms with van der Waals surface area (Å²) in [5.74, 6) is -0.882. The monoisotopic (exact) mass is 288 g/mol. The molecule has 1 aromatic carbocycles. The highest BCUT2D eigenvalue weighted by Gasteiger charge is 2.15. The van der Waals surface area contributed by atoms with Gasteiger partial charge in [0.25, 0.3) is 5.91 Å². The van der Waals surface area contributed by atoms with Crippen molar-refractivity contribution in [3.8, 4) is 0 Å². The van der Waals surface area contributed by atoms with E-state index in [9.17, 15) is 9.18 Å². The molecule has 5 heteroatoms. The first-order valence-electron chi connectivity index (χ1n) is 6.35. The molecule has 0 aromatic heterocycles. The second-order valence-electron chi connectivity index (χ2n) is 4.53. The van der Waals surface area contributed by atoms with Crippen molar-refractivity contribution in [2.75, 3.05) is 6.54 Å². The van der Waals surface area contributed by atoms with E-state index in [4.69, 9.17) is 5.73 Å². The van der Waals surface area contributed by atoms with E-state index in [0.29, 0.717) is 6.54 Å². The standard InChI is InChI=1S/C14H21FN2O.ClH/c1-3-4-5-11(9-16)17-14(18)12-8-10(2)6-7-13(12)15;/h6-8,11H,3-5,9,16H2,1-2H3,(H,17,18);1H. The summed E-state index contributed by atoms with van der Waals surface area (Å²) in [5.41, 5.74) is 6.55. The Bertz CT molecular complexity index is 412. The summed E-state index contributed by atoms with van der Waals surface area (Å²) in [6.45, 7) is 4.28. The van der Waals surface area contributed by atoms with Gasteiger partial charge >= 0.3 is 0 Å². The molecule has 19 heavy (non-hydrogen) atoms. The Labute approximate surface area is 120 Å². The average molecular weight is 289 g/mol. The fourth-order valence-corrected chi connectivity index (χ4v) is 1.78.